The molecule has 0 unspecified atom stereocenters. The van der Waals surface area contributed by atoms with Crippen LogP contribution in [0.25, 0.3) is 27.7 Å². The highest BCUT2D eigenvalue weighted by atomic mass is 32.2. The van der Waals surface area contributed by atoms with Crippen LogP contribution in [0.4, 0.5) is 0 Å². The molecule has 10 nitrogen and oxygen atoms in total. The van der Waals surface area contributed by atoms with Gasteiger partial charge in [-0.2, -0.15) is 5.26 Å². The second kappa shape index (κ2) is 12.8. The Morgan fingerprint density at radius 1 is 1.09 bits per heavy atom. The average Bonchev–Trinajstić information content (AvgIpc) is 3.78. The number of carbonyl (C=O) groups excluding carboxylic acids is 1. The number of nitrogens with zero attached hydrogens (tertiary/aromatic N) is 5. The lowest BCUT2D eigenvalue weighted by Gasteiger charge is -2.25. The van der Waals surface area contributed by atoms with Gasteiger partial charge in [0.1, 0.15) is 17.9 Å². The van der Waals surface area contributed by atoms with Crippen molar-refractivity contribution in [3.63, 3.8) is 0 Å². The number of aryl methyl sites for hydroxylation is 1. The zero-order valence-electron chi connectivity index (χ0n) is 25.6. The third-order valence-corrected chi connectivity index (χ3v) is 11.0. The highest BCUT2D eigenvalue weighted by Crippen LogP contribution is 2.37. The summed E-state index contributed by atoms with van der Waals surface area (Å²) in [6.45, 7) is 4.09. The number of fused-ring (bicyclic) bond motifs is 1. The molecule has 47 heavy (non-hydrogen) atoms. The molecule has 1 fully saturated rings. The largest absolute Gasteiger partial charge is 0.489 e. The van der Waals surface area contributed by atoms with Crippen molar-refractivity contribution in [3.8, 4) is 22.9 Å². The van der Waals surface area contributed by atoms with Crippen molar-refractivity contribution >= 4 is 43.9 Å². The van der Waals surface area contributed by atoms with Crippen LogP contribution >= 0.6 is 11.3 Å². The molecule has 0 atom stereocenters. The Balaban J connectivity index is 1.29. The van der Waals surface area contributed by atoms with Crippen molar-refractivity contribution in [2.45, 2.75) is 37.2 Å². The fraction of sp³-hybridized carbons (Fsp3) is 0.257. The van der Waals surface area contributed by atoms with Gasteiger partial charge in [-0.05, 0) is 60.4 Å². The van der Waals surface area contributed by atoms with Crippen molar-refractivity contribution in [1.82, 2.24) is 18.8 Å². The van der Waals surface area contributed by atoms with Gasteiger partial charge in [0.05, 0.1) is 23.7 Å². The monoisotopic (exact) mass is 665 g/mol. The minimum absolute atomic E-state index is 0.0356. The molecule has 1 amide bonds. The van der Waals surface area contributed by atoms with Gasteiger partial charge < -0.3 is 14.4 Å². The number of hydrogen-bond donors (Lipinski definition) is 0. The van der Waals surface area contributed by atoms with Crippen LogP contribution < -0.4 is 4.74 Å². The lowest BCUT2D eigenvalue weighted by atomic mass is 9.98. The summed E-state index contributed by atoms with van der Waals surface area (Å²) in [5.74, 6) is 0.393. The zero-order chi connectivity index (χ0) is 32.5. The van der Waals surface area contributed by atoms with E-state index in [4.69, 9.17) is 14.5 Å². The van der Waals surface area contributed by atoms with Gasteiger partial charge in [0.2, 0.25) is 0 Å². The van der Waals surface area contributed by atoms with E-state index in [1.54, 1.807) is 65.3 Å². The third kappa shape index (κ3) is 6.05. The van der Waals surface area contributed by atoms with Crippen LogP contribution in [0.5, 0.6) is 5.75 Å². The SMILES string of the molecule is Cc1ccc(S(=O)(=O)n2cc(-c3ccc(OC4CCOCC4)c(C#N)c3)c3cc(C4=CCN(C(=O)c5nccs5)CC4)cnc32)cc1. The maximum absolute atomic E-state index is 14.0. The van der Waals surface area contributed by atoms with E-state index >= 15 is 0 Å². The van der Waals surface area contributed by atoms with Gasteiger partial charge >= 0.3 is 0 Å². The maximum Gasteiger partial charge on any atom is 0.283 e. The summed E-state index contributed by atoms with van der Waals surface area (Å²) in [4.78, 5) is 23.6. The lowest BCUT2D eigenvalue weighted by molar-refractivity contribution is 0.0254. The minimum Gasteiger partial charge on any atom is -0.489 e. The molecule has 2 aliphatic heterocycles. The average molecular weight is 666 g/mol. The van der Waals surface area contributed by atoms with Gasteiger partial charge in [-0.1, -0.05) is 29.8 Å². The van der Waals surface area contributed by atoms with Crippen LogP contribution in [-0.2, 0) is 14.8 Å². The van der Waals surface area contributed by atoms with Crippen LogP contribution in [0, 0.1) is 18.3 Å². The number of nitriles is 1. The normalized spacial score (nSPS) is 15.7. The van der Waals surface area contributed by atoms with Gasteiger partial charge in [-0.3, -0.25) is 4.79 Å². The molecular formula is C35H31N5O5S2. The Bertz CT molecular complexity index is 2140. The summed E-state index contributed by atoms with van der Waals surface area (Å²) in [6.07, 6.45) is 8.97. The quantitative estimate of drug-likeness (QED) is 0.205. The van der Waals surface area contributed by atoms with Crippen molar-refractivity contribution in [2.24, 2.45) is 0 Å². The Morgan fingerprint density at radius 2 is 1.89 bits per heavy atom. The molecule has 5 aromatic rings. The molecule has 2 aliphatic rings. The van der Waals surface area contributed by atoms with E-state index in [9.17, 15) is 18.5 Å². The smallest absolute Gasteiger partial charge is 0.283 e. The first-order valence-corrected chi connectivity index (χ1v) is 17.6. The molecule has 0 aliphatic carbocycles. The predicted octanol–water partition coefficient (Wildman–Crippen LogP) is 6.06. The second-order valence-electron chi connectivity index (χ2n) is 11.6. The molecular weight excluding hydrogens is 635 g/mol. The highest BCUT2D eigenvalue weighted by molar-refractivity contribution is 7.90. The number of benzene rings is 2. The van der Waals surface area contributed by atoms with Crippen LogP contribution in [0.3, 0.4) is 0 Å². The lowest BCUT2D eigenvalue weighted by Crippen LogP contribution is -2.34. The highest BCUT2D eigenvalue weighted by Gasteiger charge is 2.26. The summed E-state index contributed by atoms with van der Waals surface area (Å²) in [5, 5.41) is 12.9. The van der Waals surface area contributed by atoms with Crippen molar-refractivity contribution in [1.29, 1.82) is 5.26 Å². The number of hydrogen-bond acceptors (Lipinski definition) is 9. The van der Waals surface area contributed by atoms with Crippen molar-refractivity contribution < 1.29 is 22.7 Å². The number of carbonyl (C=O) groups is 1. The molecule has 5 heterocycles. The van der Waals surface area contributed by atoms with E-state index in [0.29, 0.717) is 65.6 Å². The van der Waals surface area contributed by atoms with Crippen LogP contribution in [0.2, 0.25) is 0 Å². The molecule has 0 spiro atoms. The molecule has 238 valence electrons. The number of pyridine rings is 1. The first-order valence-electron chi connectivity index (χ1n) is 15.3. The number of amides is 1. The Morgan fingerprint density at radius 3 is 2.60 bits per heavy atom. The Kier molecular flexibility index (Phi) is 8.36. The van der Waals surface area contributed by atoms with Crippen molar-refractivity contribution in [2.75, 3.05) is 26.3 Å². The first-order chi connectivity index (χ1) is 22.8. The van der Waals surface area contributed by atoms with Crippen LogP contribution in [0.1, 0.15) is 45.8 Å². The van der Waals surface area contributed by atoms with Crippen LogP contribution in [0.15, 0.2) is 83.5 Å². The molecule has 0 saturated carbocycles. The molecule has 0 N–H and O–H groups in total. The van der Waals surface area contributed by atoms with Crippen molar-refractivity contribution in [3.05, 3.63) is 100 Å². The molecule has 7 rings (SSSR count). The second-order valence-corrected chi connectivity index (χ2v) is 14.3. The fourth-order valence-electron chi connectivity index (χ4n) is 5.93. The number of ether oxygens (including phenoxy) is 2. The third-order valence-electron chi connectivity index (χ3n) is 8.55. The minimum atomic E-state index is -4.00. The number of rotatable bonds is 7. The van der Waals surface area contributed by atoms with Gasteiger partial charge in [0, 0.05) is 60.9 Å². The molecule has 12 heteroatoms. The Labute approximate surface area is 276 Å². The summed E-state index contributed by atoms with van der Waals surface area (Å²) in [6, 6.07) is 16.3. The molecule has 0 bridgehead atoms. The Hall–Kier alpha value is -4.83. The van der Waals surface area contributed by atoms with E-state index in [1.165, 1.54) is 15.3 Å². The van der Waals surface area contributed by atoms with E-state index in [1.807, 2.05) is 25.1 Å². The zero-order valence-corrected chi connectivity index (χ0v) is 27.3. The fourth-order valence-corrected chi connectivity index (χ4v) is 7.86. The molecule has 0 radical (unpaired) electrons. The van der Waals surface area contributed by atoms with E-state index < -0.39 is 10.0 Å². The summed E-state index contributed by atoms with van der Waals surface area (Å²) >= 11 is 1.32. The molecule has 1 saturated heterocycles. The number of thiazole rings is 1. The summed E-state index contributed by atoms with van der Waals surface area (Å²) < 4.78 is 40.8. The topological polar surface area (TPSA) is 127 Å². The first kappa shape index (κ1) is 30.8. The molecule has 2 aromatic carbocycles. The predicted molar refractivity (Wildman–Crippen MR) is 179 cm³/mol. The summed E-state index contributed by atoms with van der Waals surface area (Å²) in [5.41, 5.74) is 4.73. The number of aromatic nitrogens is 3. The van der Waals surface area contributed by atoms with E-state index in [-0.39, 0.29) is 22.6 Å². The van der Waals surface area contributed by atoms with Crippen LogP contribution in [-0.4, -0.2) is 65.6 Å². The van der Waals surface area contributed by atoms with Gasteiger partial charge in [-0.25, -0.2) is 22.4 Å². The standard InChI is InChI=1S/C35H31N5O5S2/c1-23-2-5-29(6-3-23)47(42,43)40-22-31(25-4-7-32(26(18-25)20-36)45-28-10-15-44-16-11-28)30-19-27(21-38-33(30)40)24-8-13-39(14-9-24)35(41)34-37-12-17-46-34/h2-8,12,17-19,21-22,28H,9-11,13-16H2,1H3. The van der Waals surface area contributed by atoms with Gasteiger partial charge in [0.25, 0.3) is 15.9 Å². The van der Waals surface area contributed by atoms with E-state index in [0.717, 1.165) is 29.5 Å². The summed E-state index contributed by atoms with van der Waals surface area (Å²) in [7, 11) is -4.00. The van der Waals surface area contributed by atoms with E-state index in [2.05, 4.69) is 11.1 Å². The maximum atomic E-state index is 14.0. The van der Waals surface area contributed by atoms with Gasteiger partial charge in [-0.15, -0.1) is 11.3 Å². The molecule has 3 aromatic heterocycles. The van der Waals surface area contributed by atoms with Gasteiger partial charge in [0.15, 0.2) is 10.7 Å².